The molecule has 5 heteroatoms. The zero-order valence-electron chi connectivity index (χ0n) is 22.4. The number of benzene rings is 4. The van der Waals surface area contributed by atoms with Crippen LogP contribution < -0.4 is 0 Å². The molecule has 0 bridgehead atoms. The monoisotopic (exact) mass is 527 g/mol. The van der Waals surface area contributed by atoms with Gasteiger partial charge in [0.25, 0.3) is 0 Å². The molecule has 0 N–H and O–H groups in total. The summed E-state index contributed by atoms with van der Waals surface area (Å²) in [5, 5.41) is 2.44. The third kappa shape index (κ3) is 3.82. The van der Waals surface area contributed by atoms with E-state index in [-0.39, 0.29) is 0 Å². The third-order valence-electron chi connectivity index (χ3n) is 7.84. The van der Waals surface area contributed by atoms with E-state index in [1.807, 2.05) is 48.8 Å². The molecule has 4 heterocycles. The maximum atomic E-state index is 5.06. The average Bonchev–Trinajstić information content (AvgIpc) is 3.55. The van der Waals surface area contributed by atoms with E-state index in [2.05, 4.69) is 111 Å². The van der Waals surface area contributed by atoms with Crippen LogP contribution in [0.4, 0.5) is 0 Å². The van der Waals surface area contributed by atoms with Gasteiger partial charge in [0.2, 0.25) is 0 Å². The minimum absolute atomic E-state index is 0.930. The summed E-state index contributed by atoms with van der Waals surface area (Å²) in [7, 11) is 2.09. The van der Waals surface area contributed by atoms with Gasteiger partial charge in [-0.05, 0) is 60.7 Å². The lowest BCUT2D eigenvalue weighted by atomic mass is 10.1. The minimum atomic E-state index is 0.930. The second kappa shape index (κ2) is 9.28. The van der Waals surface area contributed by atoms with Gasteiger partial charge in [0.1, 0.15) is 5.82 Å². The van der Waals surface area contributed by atoms with Crippen molar-refractivity contribution in [2.45, 2.75) is 0 Å². The molecule has 5 nitrogen and oxygen atoms in total. The lowest BCUT2D eigenvalue weighted by molar-refractivity contribution is 0.959. The minimum Gasteiger partial charge on any atom is -0.327 e. The van der Waals surface area contributed by atoms with Crippen molar-refractivity contribution in [3.05, 3.63) is 134 Å². The molecule has 0 radical (unpaired) electrons. The number of pyridine rings is 2. The highest BCUT2D eigenvalue weighted by molar-refractivity contribution is 6.10. The van der Waals surface area contributed by atoms with Gasteiger partial charge in [0, 0.05) is 52.6 Å². The average molecular weight is 528 g/mol. The summed E-state index contributed by atoms with van der Waals surface area (Å²) in [5.74, 6) is 0.930. The van der Waals surface area contributed by atoms with Crippen molar-refractivity contribution in [2.24, 2.45) is 7.05 Å². The molecule has 194 valence electrons. The Labute approximate surface area is 237 Å². The first-order chi connectivity index (χ1) is 20.2. The Kier molecular flexibility index (Phi) is 5.28. The number of para-hydroxylation sites is 1. The molecule has 8 aromatic rings. The fraction of sp³-hybridized carbons (Fsp3) is 0.0278. The largest absolute Gasteiger partial charge is 0.327 e. The van der Waals surface area contributed by atoms with Crippen molar-refractivity contribution in [1.29, 1.82) is 0 Å². The van der Waals surface area contributed by atoms with Gasteiger partial charge >= 0.3 is 0 Å². The van der Waals surface area contributed by atoms with Gasteiger partial charge in [-0.25, -0.2) is 4.98 Å². The number of imidazole rings is 1. The Morgan fingerprint density at radius 3 is 1.98 bits per heavy atom. The second-order valence-electron chi connectivity index (χ2n) is 10.3. The molecule has 0 fully saturated rings. The normalized spacial score (nSPS) is 11.5. The van der Waals surface area contributed by atoms with Crippen LogP contribution in [0.25, 0.3) is 72.4 Å². The number of aryl methyl sites for hydroxylation is 1. The zero-order valence-corrected chi connectivity index (χ0v) is 22.4. The number of hydrogen-bond donors (Lipinski definition) is 0. The summed E-state index contributed by atoms with van der Waals surface area (Å²) in [6.07, 6.45) is 3.67. The van der Waals surface area contributed by atoms with E-state index in [0.717, 1.165) is 56.1 Å². The molecule has 0 spiro atoms. The highest BCUT2D eigenvalue weighted by Crippen LogP contribution is 2.36. The quantitative estimate of drug-likeness (QED) is 0.231. The summed E-state index contributed by atoms with van der Waals surface area (Å²) < 4.78 is 4.53. The third-order valence-corrected chi connectivity index (χ3v) is 7.84. The van der Waals surface area contributed by atoms with Crippen molar-refractivity contribution in [1.82, 2.24) is 24.1 Å². The lowest BCUT2D eigenvalue weighted by Crippen LogP contribution is -1.96. The topological polar surface area (TPSA) is 48.5 Å². The van der Waals surface area contributed by atoms with Gasteiger partial charge in [-0.1, -0.05) is 60.7 Å². The molecule has 0 aliphatic carbocycles. The van der Waals surface area contributed by atoms with Crippen LogP contribution in [0.15, 0.2) is 134 Å². The van der Waals surface area contributed by atoms with Crippen molar-refractivity contribution in [2.75, 3.05) is 0 Å². The van der Waals surface area contributed by atoms with E-state index >= 15 is 0 Å². The first-order valence-electron chi connectivity index (χ1n) is 13.7. The molecule has 0 aliphatic heterocycles. The molecular weight excluding hydrogens is 502 g/mol. The van der Waals surface area contributed by atoms with Crippen molar-refractivity contribution < 1.29 is 0 Å². The van der Waals surface area contributed by atoms with Crippen molar-refractivity contribution in [3.8, 4) is 39.6 Å². The van der Waals surface area contributed by atoms with Crippen molar-refractivity contribution >= 4 is 32.8 Å². The van der Waals surface area contributed by atoms with Gasteiger partial charge in [-0.3, -0.25) is 9.97 Å². The summed E-state index contributed by atoms with van der Waals surface area (Å²) >= 11 is 0. The number of fused-ring (bicyclic) bond motifs is 4. The van der Waals surface area contributed by atoms with E-state index in [0.29, 0.717) is 0 Å². The summed E-state index contributed by atoms with van der Waals surface area (Å²) in [4.78, 5) is 14.2. The van der Waals surface area contributed by atoms with Crippen LogP contribution >= 0.6 is 0 Å². The summed E-state index contributed by atoms with van der Waals surface area (Å²) in [5.41, 5.74) is 10.6. The number of hydrogen-bond acceptors (Lipinski definition) is 3. The standard InChI is InChI=1S/C36H25N5/c1-40-35-22-25(31-13-5-7-20-38-31)16-18-32(35)39-36(40)26-15-17-29-28-11-2-3-14-33(28)41(34(29)23-26)27-10-8-9-24(21-27)30-12-4-6-19-37-30/h2-23H,1H3. The van der Waals surface area contributed by atoms with E-state index in [4.69, 9.17) is 4.98 Å². The van der Waals surface area contributed by atoms with Crippen LogP contribution in [-0.2, 0) is 7.05 Å². The maximum absolute atomic E-state index is 5.06. The maximum Gasteiger partial charge on any atom is 0.140 e. The van der Waals surface area contributed by atoms with Gasteiger partial charge < -0.3 is 9.13 Å². The fourth-order valence-electron chi connectivity index (χ4n) is 5.87. The fourth-order valence-corrected chi connectivity index (χ4v) is 5.87. The van der Waals surface area contributed by atoms with E-state index in [1.165, 1.54) is 16.3 Å². The number of rotatable bonds is 4. The molecule has 0 atom stereocenters. The molecule has 4 aromatic carbocycles. The van der Waals surface area contributed by atoms with Crippen LogP contribution in [0, 0.1) is 0 Å². The SMILES string of the molecule is Cn1c(-c2ccc3c4ccccc4n(-c4cccc(-c5ccccn5)c4)c3c2)nc2ccc(-c3ccccn3)cc21. The first-order valence-corrected chi connectivity index (χ1v) is 13.7. The molecule has 4 aromatic heterocycles. The van der Waals surface area contributed by atoms with Gasteiger partial charge in [-0.2, -0.15) is 0 Å². The molecular formula is C36H25N5. The van der Waals surface area contributed by atoms with Crippen LogP contribution in [0.5, 0.6) is 0 Å². The van der Waals surface area contributed by atoms with Crippen LogP contribution in [0.1, 0.15) is 0 Å². The molecule has 0 saturated carbocycles. The zero-order chi connectivity index (χ0) is 27.3. The Bertz CT molecular complexity index is 2210. The smallest absolute Gasteiger partial charge is 0.140 e. The van der Waals surface area contributed by atoms with E-state index in [1.54, 1.807) is 0 Å². The van der Waals surface area contributed by atoms with E-state index in [9.17, 15) is 0 Å². The van der Waals surface area contributed by atoms with Crippen molar-refractivity contribution in [3.63, 3.8) is 0 Å². The van der Waals surface area contributed by atoms with Crippen LogP contribution in [0.3, 0.4) is 0 Å². The highest BCUT2D eigenvalue weighted by atomic mass is 15.1. The van der Waals surface area contributed by atoms with E-state index < -0.39 is 0 Å². The number of aromatic nitrogens is 5. The lowest BCUT2D eigenvalue weighted by Gasteiger charge is -2.11. The molecule has 0 aliphatic rings. The Balaban J connectivity index is 1.32. The Morgan fingerprint density at radius 1 is 0.512 bits per heavy atom. The number of nitrogens with zero attached hydrogens (tertiary/aromatic N) is 5. The second-order valence-corrected chi connectivity index (χ2v) is 10.3. The Hall–Kier alpha value is -5.55. The first kappa shape index (κ1) is 23.3. The molecule has 8 rings (SSSR count). The predicted octanol–water partition coefficient (Wildman–Crippen LogP) is 8.46. The molecule has 0 saturated heterocycles. The summed E-state index contributed by atoms with van der Waals surface area (Å²) in [6.45, 7) is 0. The van der Waals surface area contributed by atoms with Gasteiger partial charge in [-0.15, -0.1) is 0 Å². The van der Waals surface area contributed by atoms with Gasteiger partial charge in [0.15, 0.2) is 0 Å². The summed E-state index contributed by atoms with van der Waals surface area (Å²) in [6, 6.07) is 42.2. The molecule has 0 amide bonds. The van der Waals surface area contributed by atoms with Crippen LogP contribution in [-0.4, -0.2) is 24.1 Å². The van der Waals surface area contributed by atoms with Gasteiger partial charge in [0.05, 0.1) is 33.5 Å². The molecule has 0 unspecified atom stereocenters. The molecule has 41 heavy (non-hydrogen) atoms. The predicted molar refractivity (Wildman–Crippen MR) is 167 cm³/mol. The van der Waals surface area contributed by atoms with Crippen LogP contribution in [0.2, 0.25) is 0 Å². The highest BCUT2D eigenvalue weighted by Gasteiger charge is 2.17. The Morgan fingerprint density at radius 2 is 1.20 bits per heavy atom.